The van der Waals surface area contributed by atoms with Gasteiger partial charge in [-0.05, 0) is 32.1 Å². The highest BCUT2D eigenvalue weighted by Gasteiger charge is 2.36. The molecule has 0 bridgehead atoms. The van der Waals surface area contributed by atoms with Crippen molar-refractivity contribution in [2.75, 3.05) is 0 Å². The third kappa shape index (κ3) is 10.6. The number of carbonyl (C=O) groups is 1. The fourth-order valence-corrected chi connectivity index (χ4v) is 2.87. The molecule has 1 saturated heterocycles. The summed E-state index contributed by atoms with van der Waals surface area (Å²) in [6, 6.07) is 0. The molecule has 1 aliphatic heterocycles. The monoisotopic (exact) mass is 394 g/mol. The van der Waals surface area contributed by atoms with E-state index in [1.54, 1.807) is 0 Å². The molecule has 28 heavy (non-hydrogen) atoms. The highest BCUT2D eigenvalue weighted by molar-refractivity contribution is 5.66. The van der Waals surface area contributed by atoms with Gasteiger partial charge in [0.15, 0.2) is 0 Å². The minimum absolute atomic E-state index is 0.129. The molecule has 6 heteroatoms. The Balaban J connectivity index is 2.28. The van der Waals surface area contributed by atoms with Crippen LogP contribution in [0.1, 0.15) is 51.9 Å². The standard InChI is InChI=1S/C22H34O6/c1-2-3-8-12-20-19(25)16-21(28-20)18(24)15-14-17(23)11-9-6-4-5-7-10-13-22(26)27/h3,5-9,14-15,17-21,23-25H,2,4,10-13,16H2,1H3,(H,26,27)/b7-5-,8-3-,9-6-,15-14+/t17-,18-,19+,20-,21-/m1/s1. The summed E-state index contributed by atoms with van der Waals surface area (Å²) in [4.78, 5) is 10.4. The SMILES string of the molecule is CC/C=C\C[C@H]1O[C@@H]([C@H](O)/C=C/[C@H](O)C/C=C\C/C=C\CCC(=O)O)C[C@@H]1O. The second kappa shape index (κ2) is 14.3. The lowest BCUT2D eigenvalue weighted by molar-refractivity contribution is -0.136. The molecule has 0 aliphatic carbocycles. The van der Waals surface area contributed by atoms with Gasteiger partial charge in [0.2, 0.25) is 0 Å². The van der Waals surface area contributed by atoms with Gasteiger partial charge in [0.25, 0.3) is 0 Å². The van der Waals surface area contributed by atoms with Crippen molar-refractivity contribution in [2.45, 2.75) is 82.4 Å². The fraction of sp³-hybridized carbons (Fsp3) is 0.591. The second-order valence-electron chi connectivity index (χ2n) is 6.92. The molecule has 0 spiro atoms. The largest absolute Gasteiger partial charge is 0.481 e. The van der Waals surface area contributed by atoms with E-state index in [0.717, 1.165) is 6.42 Å². The first-order valence-corrected chi connectivity index (χ1v) is 9.98. The summed E-state index contributed by atoms with van der Waals surface area (Å²) >= 11 is 0. The van der Waals surface area contributed by atoms with Crippen LogP contribution in [0.5, 0.6) is 0 Å². The minimum Gasteiger partial charge on any atom is -0.481 e. The molecule has 0 aromatic carbocycles. The van der Waals surface area contributed by atoms with Gasteiger partial charge < -0.3 is 25.2 Å². The van der Waals surface area contributed by atoms with Crippen molar-refractivity contribution in [2.24, 2.45) is 0 Å². The molecule has 1 aliphatic rings. The van der Waals surface area contributed by atoms with Crippen LogP contribution in [-0.4, -0.2) is 56.9 Å². The Labute approximate surface area is 167 Å². The molecule has 0 aromatic rings. The van der Waals surface area contributed by atoms with E-state index in [1.807, 2.05) is 43.4 Å². The van der Waals surface area contributed by atoms with Crippen LogP contribution >= 0.6 is 0 Å². The number of hydrogen-bond acceptors (Lipinski definition) is 5. The molecule has 1 heterocycles. The van der Waals surface area contributed by atoms with Crippen molar-refractivity contribution < 1.29 is 30.0 Å². The van der Waals surface area contributed by atoms with Crippen LogP contribution in [0.3, 0.4) is 0 Å². The number of aliphatic carboxylic acids is 1. The third-order valence-corrected chi connectivity index (χ3v) is 4.44. The van der Waals surface area contributed by atoms with Crippen molar-refractivity contribution >= 4 is 5.97 Å². The van der Waals surface area contributed by atoms with Crippen LogP contribution < -0.4 is 0 Å². The topological polar surface area (TPSA) is 107 Å². The Bertz CT molecular complexity index is 551. The summed E-state index contributed by atoms with van der Waals surface area (Å²) < 4.78 is 5.73. The number of ether oxygens (including phenoxy) is 1. The maximum atomic E-state index is 10.4. The van der Waals surface area contributed by atoms with E-state index in [9.17, 15) is 20.1 Å². The zero-order valence-electron chi connectivity index (χ0n) is 16.6. The lowest BCUT2D eigenvalue weighted by Gasteiger charge is -2.16. The number of carboxylic acids is 1. The second-order valence-corrected chi connectivity index (χ2v) is 6.92. The van der Waals surface area contributed by atoms with E-state index in [1.165, 1.54) is 12.2 Å². The van der Waals surface area contributed by atoms with Crippen LogP contribution in [0.25, 0.3) is 0 Å². The van der Waals surface area contributed by atoms with E-state index in [2.05, 4.69) is 0 Å². The lowest BCUT2D eigenvalue weighted by Crippen LogP contribution is -2.24. The highest BCUT2D eigenvalue weighted by atomic mass is 16.5. The molecule has 0 unspecified atom stereocenters. The van der Waals surface area contributed by atoms with Crippen LogP contribution in [0.15, 0.2) is 48.6 Å². The molecule has 0 saturated carbocycles. The molecule has 0 amide bonds. The number of rotatable bonds is 13. The Morgan fingerprint density at radius 1 is 1.11 bits per heavy atom. The molecule has 0 radical (unpaired) electrons. The minimum atomic E-state index is -0.870. The van der Waals surface area contributed by atoms with Gasteiger partial charge in [0.05, 0.1) is 30.5 Å². The molecular formula is C22H34O6. The lowest BCUT2D eigenvalue weighted by atomic mass is 10.0. The maximum Gasteiger partial charge on any atom is 0.303 e. The fourth-order valence-electron chi connectivity index (χ4n) is 2.87. The predicted molar refractivity (Wildman–Crippen MR) is 109 cm³/mol. The normalized spacial score (nSPS) is 25.5. The van der Waals surface area contributed by atoms with Crippen LogP contribution in [-0.2, 0) is 9.53 Å². The Morgan fingerprint density at radius 2 is 1.86 bits per heavy atom. The van der Waals surface area contributed by atoms with Crippen molar-refractivity contribution in [3.63, 3.8) is 0 Å². The van der Waals surface area contributed by atoms with Crippen molar-refractivity contribution in [1.82, 2.24) is 0 Å². The van der Waals surface area contributed by atoms with Gasteiger partial charge in [0.1, 0.15) is 0 Å². The number of allylic oxidation sites excluding steroid dienone is 4. The number of aliphatic hydroxyl groups is 3. The summed E-state index contributed by atoms with van der Waals surface area (Å²) in [5.41, 5.74) is 0. The molecule has 158 valence electrons. The zero-order chi connectivity index (χ0) is 20.8. The quantitative estimate of drug-likeness (QED) is 0.358. The van der Waals surface area contributed by atoms with Crippen LogP contribution in [0.4, 0.5) is 0 Å². The van der Waals surface area contributed by atoms with Crippen molar-refractivity contribution in [1.29, 1.82) is 0 Å². The molecule has 1 rings (SSSR count). The molecule has 6 nitrogen and oxygen atoms in total. The van der Waals surface area contributed by atoms with Gasteiger partial charge in [0, 0.05) is 12.8 Å². The smallest absolute Gasteiger partial charge is 0.303 e. The number of carboxylic acid groups (broad SMARTS) is 1. The van der Waals surface area contributed by atoms with Gasteiger partial charge in [-0.2, -0.15) is 0 Å². The van der Waals surface area contributed by atoms with Gasteiger partial charge >= 0.3 is 5.97 Å². The molecule has 4 N–H and O–H groups in total. The average Bonchev–Trinajstić information content (AvgIpc) is 3.02. The number of hydrogen-bond donors (Lipinski definition) is 4. The molecule has 5 atom stereocenters. The molecule has 1 fully saturated rings. The van der Waals surface area contributed by atoms with E-state index in [4.69, 9.17) is 9.84 Å². The van der Waals surface area contributed by atoms with Gasteiger partial charge in [-0.25, -0.2) is 0 Å². The van der Waals surface area contributed by atoms with Crippen molar-refractivity contribution in [3.05, 3.63) is 48.6 Å². The van der Waals surface area contributed by atoms with E-state index in [0.29, 0.717) is 32.1 Å². The van der Waals surface area contributed by atoms with E-state index >= 15 is 0 Å². The zero-order valence-corrected chi connectivity index (χ0v) is 16.6. The van der Waals surface area contributed by atoms with Gasteiger partial charge in [-0.3, -0.25) is 4.79 Å². The Morgan fingerprint density at radius 3 is 2.57 bits per heavy atom. The van der Waals surface area contributed by atoms with Gasteiger partial charge in [-0.15, -0.1) is 0 Å². The first-order chi connectivity index (χ1) is 13.4. The average molecular weight is 395 g/mol. The summed E-state index contributed by atoms with van der Waals surface area (Å²) in [7, 11) is 0. The highest BCUT2D eigenvalue weighted by Crippen LogP contribution is 2.26. The van der Waals surface area contributed by atoms with E-state index < -0.39 is 30.4 Å². The maximum absolute atomic E-state index is 10.4. The van der Waals surface area contributed by atoms with Crippen LogP contribution in [0, 0.1) is 0 Å². The molecular weight excluding hydrogens is 360 g/mol. The first kappa shape index (κ1) is 24.3. The summed E-state index contributed by atoms with van der Waals surface area (Å²) in [6.45, 7) is 2.04. The third-order valence-electron chi connectivity index (χ3n) is 4.44. The number of aliphatic hydroxyl groups excluding tert-OH is 3. The molecule has 0 aromatic heterocycles. The Kier molecular flexibility index (Phi) is 12.4. The first-order valence-electron chi connectivity index (χ1n) is 9.98. The van der Waals surface area contributed by atoms with Crippen LogP contribution in [0.2, 0.25) is 0 Å². The van der Waals surface area contributed by atoms with E-state index in [-0.39, 0.29) is 12.5 Å². The summed E-state index contributed by atoms with van der Waals surface area (Å²) in [5.74, 6) is -0.807. The summed E-state index contributed by atoms with van der Waals surface area (Å²) in [6.07, 6.45) is 15.3. The predicted octanol–water partition coefficient (Wildman–Crippen LogP) is 2.90. The van der Waals surface area contributed by atoms with Gasteiger partial charge in [-0.1, -0.05) is 55.5 Å². The Hall–Kier alpha value is -1.73. The summed E-state index contributed by atoms with van der Waals surface area (Å²) in [5, 5.41) is 38.7. The van der Waals surface area contributed by atoms with Crippen molar-refractivity contribution in [3.8, 4) is 0 Å².